The zero-order valence-corrected chi connectivity index (χ0v) is 15.7. The number of nitrogens with one attached hydrogen (secondary N) is 1. The van der Waals surface area contributed by atoms with Crippen LogP contribution in [0.4, 0.5) is 15.3 Å². The van der Waals surface area contributed by atoms with Crippen LogP contribution in [0.1, 0.15) is 5.56 Å². The molecule has 0 bridgehead atoms. The number of fused-ring (bicyclic) bond motifs is 1. The van der Waals surface area contributed by atoms with Crippen molar-refractivity contribution in [3.05, 3.63) is 54.4 Å². The first kappa shape index (κ1) is 18.1. The largest absolute Gasteiger partial charge is 0.495 e. The summed E-state index contributed by atoms with van der Waals surface area (Å²) in [5.74, 6) is 0.619. The smallest absolute Gasteiger partial charge is 0.322 e. The molecule has 8 heteroatoms. The quantitative estimate of drug-likeness (QED) is 0.881. The Bertz CT molecular complexity index is 860. The molecule has 1 aromatic carbocycles. The molecule has 3 heterocycles. The third-order valence-corrected chi connectivity index (χ3v) is 5.16. The van der Waals surface area contributed by atoms with Crippen LogP contribution in [0, 0.1) is 0 Å². The predicted molar refractivity (Wildman–Crippen MR) is 104 cm³/mol. The van der Waals surface area contributed by atoms with E-state index >= 15 is 0 Å². The number of piperazine rings is 1. The van der Waals surface area contributed by atoms with Crippen molar-refractivity contribution in [1.29, 1.82) is 0 Å². The molecular weight excluding hydrogens is 358 g/mol. The number of pyridine rings is 1. The molecule has 4 amide bonds. The van der Waals surface area contributed by atoms with E-state index in [2.05, 4.69) is 10.3 Å². The fraction of sp³-hybridized carbons (Fsp3) is 0.350. The Morgan fingerprint density at radius 1 is 1.21 bits per heavy atom. The van der Waals surface area contributed by atoms with Crippen molar-refractivity contribution in [1.82, 2.24) is 19.7 Å². The average Bonchev–Trinajstić information content (AvgIpc) is 3.04. The van der Waals surface area contributed by atoms with Gasteiger partial charge in [0, 0.05) is 45.1 Å². The third kappa shape index (κ3) is 3.58. The van der Waals surface area contributed by atoms with Gasteiger partial charge in [0.05, 0.1) is 18.8 Å². The maximum absolute atomic E-state index is 12.7. The highest BCUT2D eigenvalue weighted by Gasteiger charge is 2.41. The first-order valence-electron chi connectivity index (χ1n) is 9.29. The molecule has 1 aromatic heterocycles. The number of nitrogens with zero attached hydrogens (tertiary/aromatic N) is 4. The minimum absolute atomic E-state index is 0.00124. The van der Waals surface area contributed by atoms with Crippen molar-refractivity contribution in [2.45, 2.75) is 12.6 Å². The van der Waals surface area contributed by atoms with Crippen molar-refractivity contribution >= 4 is 17.7 Å². The number of anilines is 1. The molecule has 2 aliphatic rings. The molecule has 0 spiro atoms. The van der Waals surface area contributed by atoms with Gasteiger partial charge in [-0.1, -0.05) is 18.2 Å². The molecule has 0 aliphatic carbocycles. The zero-order chi connectivity index (χ0) is 19.5. The van der Waals surface area contributed by atoms with Gasteiger partial charge in [-0.2, -0.15) is 0 Å². The van der Waals surface area contributed by atoms with Gasteiger partial charge in [-0.3, -0.25) is 4.98 Å². The Hall–Kier alpha value is -3.29. The summed E-state index contributed by atoms with van der Waals surface area (Å²) in [6.45, 7) is 2.69. The molecular formula is C20H23N5O3. The van der Waals surface area contributed by atoms with Crippen molar-refractivity contribution in [2.24, 2.45) is 0 Å². The molecule has 2 fully saturated rings. The average molecular weight is 381 g/mol. The molecule has 0 saturated carbocycles. The highest BCUT2D eigenvalue weighted by atomic mass is 16.5. The Labute approximate surface area is 163 Å². The van der Waals surface area contributed by atoms with E-state index in [-0.39, 0.29) is 18.1 Å². The number of rotatable bonds is 4. The number of methoxy groups -OCH3 is 1. The van der Waals surface area contributed by atoms with Gasteiger partial charge < -0.3 is 24.8 Å². The number of urea groups is 2. The van der Waals surface area contributed by atoms with Gasteiger partial charge >= 0.3 is 12.1 Å². The van der Waals surface area contributed by atoms with Crippen LogP contribution in [0.5, 0.6) is 5.75 Å². The van der Waals surface area contributed by atoms with E-state index in [1.807, 2.05) is 40.1 Å². The normalized spacial score (nSPS) is 18.8. The molecule has 4 rings (SSSR count). The standard InChI is InChI=1S/C20H23N5O3/c1-28-18-7-3-2-6-17(18)22-19(26)23-9-10-25-16(13-23)14-24(20(25)27)12-15-5-4-8-21-11-15/h2-8,11,16H,9-10,12-14H2,1H3,(H,22,26)/t16-/m1/s1. The summed E-state index contributed by atoms with van der Waals surface area (Å²) in [4.78, 5) is 35.0. The fourth-order valence-corrected chi connectivity index (χ4v) is 3.75. The van der Waals surface area contributed by atoms with Gasteiger partial charge in [-0.15, -0.1) is 0 Å². The molecule has 146 valence electrons. The van der Waals surface area contributed by atoms with Gasteiger partial charge in [0.2, 0.25) is 0 Å². The van der Waals surface area contributed by atoms with Gasteiger partial charge in [0.1, 0.15) is 5.75 Å². The van der Waals surface area contributed by atoms with Gasteiger partial charge in [-0.05, 0) is 23.8 Å². The number of carbonyl (C=O) groups is 2. The number of amides is 4. The molecule has 2 saturated heterocycles. The van der Waals surface area contributed by atoms with Crippen LogP contribution < -0.4 is 10.1 Å². The number of hydrogen-bond donors (Lipinski definition) is 1. The van der Waals surface area contributed by atoms with E-state index in [0.29, 0.717) is 44.2 Å². The number of ether oxygens (including phenoxy) is 1. The topological polar surface area (TPSA) is 78.0 Å². The Morgan fingerprint density at radius 2 is 2.07 bits per heavy atom. The van der Waals surface area contributed by atoms with Gasteiger partial charge in [0.15, 0.2) is 0 Å². The Balaban J connectivity index is 1.39. The van der Waals surface area contributed by atoms with E-state index in [1.54, 1.807) is 30.5 Å². The molecule has 2 aromatic rings. The Morgan fingerprint density at radius 3 is 2.86 bits per heavy atom. The summed E-state index contributed by atoms with van der Waals surface area (Å²) in [6.07, 6.45) is 3.49. The van der Waals surface area contributed by atoms with Crippen LogP contribution >= 0.6 is 0 Å². The molecule has 8 nitrogen and oxygen atoms in total. The number of benzene rings is 1. The second-order valence-corrected chi connectivity index (χ2v) is 6.95. The summed E-state index contributed by atoms with van der Waals surface area (Å²) < 4.78 is 5.29. The highest BCUT2D eigenvalue weighted by molar-refractivity contribution is 5.91. The maximum atomic E-state index is 12.7. The minimum Gasteiger partial charge on any atom is -0.495 e. The lowest BCUT2D eigenvalue weighted by atomic mass is 10.2. The van der Waals surface area contributed by atoms with Crippen molar-refractivity contribution in [3.8, 4) is 5.75 Å². The lowest BCUT2D eigenvalue weighted by Gasteiger charge is -2.36. The second kappa shape index (κ2) is 7.75. The van der Waals surface area contributed by atoms with Crippen LogP contribution in [0.15, 0.2) is 48.8 Å². The lowest BCUT2D eigenvalue weighted by molar-refractivity contribution is 0.135. The fourth-order valence-electron chi connectivity index (χ4n) is 3.75. The Kier molecular flexibility index (Phi) is 5.01. The summed E-state index contributed by atoms with van der Waals surface area (Å²) >= 11 is 0. The van der Waals surface area contributed by atoms with Crippen LogP contribution in [0.3, 0.4) is 0 Å². The minimum atomic E-state index is -0.178. The van der Waals surface area contributed by atoms with E-state index in [1.165, 1.54) is 0 Å². The van der Waals surface area contributed by atoms with Crippen molar-refractivity contribution in [3.63, 3.8) is 0 Å². The van der Waals surface area contributed by atoms with Crippen LogP contribution in [0.25, 0.3) is 0 Å². The molecule has 1 atom stereocenters. The molecule has 0 unspecified atom stereocenters. The third-order valence-electron chi connectivity index (χ3n) is 5.16. The predicted octanol–water partition coefficient (Wildman–Crippen LogP) is 2.24. The first-order valence-corrected chi connectivity index (χ1v) is 9.29. The SMILES string of the molecule is COc1ccccc1NC(=O)N1CCN2C(=O)N(Cc3cccnc3)C[C@H]2C1. The van der Waals surface area contributed by atoms with Crippen LogP contribution in [-0.2, 0) is 6.54 Å². The highest BCUT2D eigenvalue weighted by Crippen LogP contribution is 2.25. The molecule has 0 radical (unpaired) electrons. The number of aromatic nitrogens is 1. The van der Waals surface area contributed by atoms with E-state index in [9.17, 15) is 9.59 Å². The second-order valence-electron chi connectivity index (χ2n) is 6.95. The van der Waals surface area contributed by atoms with Gasteiger partial charge in [-0.25, -0.2) is 9.59 Å². The summed E-state index contributed by atoms with van der Waals surface area (Å²) in [7, 11) is 1.57. The molecule has 28 heavy (non-hydrogen) atoms. The van der Waals surface area contributed by atoms with E-state index < -0.39 is 0 Å². The maximum Gasteiger partial charge on any atom is 0.322 e. The van der Waals surface area contributed by atoms with Crippen LogP contribution in [0.2, 0.25) is 0 Å². The van der Waals surface area contributed by atoms with E-state index in [0.717, 1.165) is 5.56 Å². The molecule has 2 aliphatic heterocycles. The number of carbonyl (C=O) groups excluding carboxylic acids is 2. The van der Waals surface area contributed by atoms with Gasteiger partial charge in [0.25, 0.3) is 0 Å². The van der Waals surface area contributed by atoms with Crippen molar-refractivity contribution in [2.75, 3.05) is 38.6 Å². The van der Waals surface area contributed by atoms with E-state index in [4.69, 9.17) is 4.74 Å². The van der Waals surface area contributed by atoms with Crippen LogP contribution in [-0.4, -0.2) is 71.1 Å². The zero-order valence-electron chi connectivity index (χ0n) is 15.7. The monoisotopic (exact) mass is 381 g/mol. The summed E-state index contributed by atoms with van der Waals surface area (Å²) in [5, 5.41) is 2.91. The first-order chi connectivity index (χ1) is 13.7. The van der Waals surface area contributed by atoms with Crippen molar-refractivity contribution < 1.29 is 14.3 Å². The number of hydrogen-bond acceptors (Lipinski definition) is 4. The number of para-hydroxylation sites is 2. The lowest BCUT2D eigenvalue weighted by Crippen LogP contribution is -2.54. The summed E-state index contributed by atoms with van der Waals surface area (Å²) in [5.41, 5.74) is 1.64. The molecule has 1 N–H and O–H groups in total. The summed E-state index contributed by atoms with van der Waals surface area (Å²) in [6, 6.07) is 11.0.